The number of nitrogens with one attached hydrogen (secondary N) is 2. The first kappa shape index (κ1) is 24.5. The number of carbonyl (C=O) groups is 2. The molecule has 8 nitrogen and oxygen atoms in total. The number of piperidine rings is 1. The van der Waals surface area contributed by atoms with Crippen molar-refractivity contribution < 1.29 is 23.1 Å². The van der Waals surface area contributed by atoms with Crippen molar-refractivity contribution in [2.24, 2.45) is 11.8 Å². The number of likely N-dealkylation sites (tertiary alicyclic amines) is 1. The Labute approximate surface area is 214 Å². The van der Waals surface area contributed by atoms with E-state index >= 15 is 0 Å². The summed E-state index contributed by atoms with van der Waals surface area (Å²) in [5, 5.41) is 10.3. The maximum atomic E-state index is 14.8. The van der Waals surface area contributed by atoms with Crippen LogP contribution in [-0.2, 0) is 11.3 Å². The molecule has 1 saturated carbocycles. The Bertz CT molecular complexity index is 1330. The minimum Gasteiger partial charge on any atom is -0.481 e. The van der Waals surface area contributed by atoms with Gasteiger partial charge >= 0.3 is 0 Å². The molecule has 3 unspecified atom stereocenters. The van der Waals surface area contributed by atoms with Crippen LogP contribution in [0.5, 0.6) is 5.88 Å². The third-order valence-corrected chi connectivity index (χ3v) is 7.14. The molecule has 1 aromatic carbocycles. The number of methoxy groups -OCH3 is 1. The SMILES string of the molecule is COc1cc(-c2cc(C(=O)N3CCC(C(=O)NCc4cccc(Cl)c4)C4C3C4(F)F)n[nH]2)c(Cl)cn1. The van der Waals surface area contributed by atoms with Crippen molar-refractivity contribution >= 4 is 35.0 Å². The molecule has 1 aliphatic carbocycles. The number of hydrogen-bond acceptors (Lipinski definition) is 5. The summed E-state index contributed by atoms with van der Waals surface area (Å²) < 4.78 is 34.7. The molecule has 1 aliphatic heterocycles. The number of benzene rings is 1. The summed E-state index contributed by atoms with van der Waals surface area (Å²) in [4.78, 5) is 31.0. The maximum Gasteiger partial charge on any atom is 0.274 e. The third-order valence-electron chi connectivity index (χ3n) is 6.60. The molecule has 2 fully saturated rings. The highest BCUT2D eigenvalue weighted by atomic mass is 35.5. The Balaban J connectivity index is 1.28. The minimum absolute atomic E-state index is 0.0108. The zero-order chi connectivity index (χ0) is 25.6. The first-order chi connectivity index (χ1) is 17.2. The van der Waals surface area contributed by atoms with Gasteiger partial charge in [-0.1, -0.05) is 35.3 Å². The number of aromatic nitrogens is 3. The fourth-order valence-electron chi connectivity index (χ4n) is 4.76. The number of hydrogen-bond donors (Lipinski definition) is 2. The average molecular weight is 536 g/mol. The van der Waals surface area contributed by atoms with E-state index in [2.05, 4.69) is 20.5 Å². The predicted octanol–water partition coefficient (Wildman–Crippen LogP) is 4.20. The summed E-state index contributed by atoms with van der Waals surface area (Å²) in [6.07, 6.45) is 1.52. The van der Waals surface area contributed by atoms with Gasteiger partial charge < -0.3 is 15.0 Å². The zero-order valence-electron chi connectivity index (χ0n) is 19.0. The first-order valence-electron chi connectivity index (χ1n) is 11.2. The van der Waals surface area contributed by atoms with Gasteiger partial charge in [-0.05, 0) is 30.2 Å². The highest BCUT2D eigenvalue weighted by molar-refractivity contribution is 6.33. The van der Waals surface area contributed by atoms with Gasteiger partial charge in [-0.15, -0.1) is 0 Å². The second-order valence-electron chi connectivity index (χ2n) is 8.76. The van der Waals surface area contributed by atoms with Crippen molar-refractivity contribution in [1.82, 2.24) is 25.4 Å². The van der Waals surface area contributed by atoms with Gasteiger partial charge in [0.2, 0.25) is 11.8 Å². The number of nitrogens with zero attached hydrogens (tertiary/aromatic N) is 3. The Morgan fingerprint density at radius 1 is 1.28 bits per heavy atom. The Kier molecular flexibility index (Phi) is 6.34. The lowest BCUT2D eigenvalue weighted by atomic mass is 9.94. The number of ether oxygens (including phenoxy) is 1. The van der Waals surface area contributed by atoms with Crippen LogP contribution in [0, 0.1) is 11.8 Å². The van der Waals surface area contributed by atoms with Gasteiger partial charge in [-0.3, -0.25) is 14.7 Å². The van der Waals surface area contributed by atoms with Crippen LogP contribution in [0.25, 0.3) is 11.3 Å². The maximum absolute atomic E-state index is 14.8. The molecule has 3 atom stereocenters. The summed E-state index contributed by atoms with van der Waals surface area (Å²) in [7, 11) is 1.45. The second-order valence-corrected chi connectivity index (χ2v) is 9.60. The van der Waals surface area contributed by atoms with E-state index in [1.54, 1.807) is 30.3 Å². The van der Waals surface area contributed by atoms with Crippen LogP contribution in [0.3, 0.4) is 0 Å². The van der Waals surface area contributed by atoms with E-state index in [1.165, 1.54) is 19.4 Å². The van der Waals surface area contributed by atoms with E-state index < -0.39 is 35.6 Å². The number of amides is 2. The molecule has 0 bridgehead atoms. The number of carbonyl (C=O) groups excluding carboxylic acids is 2. The van der Waals surface area contributed by atoms with Crippen LogP contribution in [0.4, 0.5) is 8.78 Å². The molecule has 2 N–H and O–H groups in total. The fraction of sp³-hybridized carbons (Fsp3) is 0.333. The molecular weight excluding hydrogens is 515 g/mol. The fourth-order valence-corrected chi connectivity index (χ4v) is 5.18. The molecule has 2 aliphatic rings. The van der Waals surface area contributed by atoms with Crippen molar-refractivity contribution in [3.8, 4) is 17.1 Å². The van der Waals surface area contributed by atoms with Gasteiger partial charge in [0, 0.05) is 29.7 Å². The average Bonchev–Trinajstić information content (AvgIpc) is 3.20. The Hall–Kier alpha value is -3.24. The molecule has 0 spiro atoms. The molecule has 2 amide bonds. The molecule has 188 valence electrons. The predicted molar refractivity (Wildman–Crippen MR) is 128 cm³/mol. The summed E-state index contributed by atoms with van der Waals surface area (Å²) in [6.45, 7) is 0.191. The minimum atomic E-state index is -3.16. The Morgan fingerprint density at radius 2 is 2.08 bits per heavy atom. The van der Waals surface area contributed by atoms with Gasteiger partial charge in [0.15, 0.2) is 5.69 Å². The van der Waals surface area contributed by atoms with E-state index in [0.717, 1.165) is 10.5 Å². The summed E-state index contributed by atoms with van der Waals surface area (Å²) in [5.74, 6) is -6.09. The second kappa shape index (κ2) is 9.33. The molecular formula is C24H21Cl2F2N5O3. The monoisotopic (exact) mass is 535 g/mol. The number of alkyl halides is 2. The van der Waals surface area contributed by atoms with Crippen molar-refractivity contribution in [3.05, 3.63) is 63.9 Å². The van der Waals surface area contributed by atoms with Crippen molar-refractivity contribution in [2.75, 3.05) is 13.7 Å². The van der Waals surface area contributed by atoms with Crippen LogP contribution in [0.2, 0.25) is 10.0 Å². The lowest BCUT2D eigenvalue weighted by Crippen LogP contribution is -2.44. The molecule has 36 heavy (non-hydrogen) atoms. The summed E-state index contributed by atoms with van der Waals surface area (Å²) >= 11 is 12.2. The Morgan fingerprint density at radius 3 is 2.83 bits per heavy atom. The molecule has 12 heteroatoms. The lowest BCUT2D eigenvalue weighted by Gasteiger charge is -2.29. The molecule has 5 rings (SSSR count). The highest BCUT2D eigenvalue weighted by Crippen LogP contribution is 2.59. The van der Waals surface area contributed by atoms with Gasteiger partial charge in [-0.25, -0.2) is 13.8 Å². The topological polar surface area (TPSA) is 100 Å². The number of rotatable bonds is 6. The quantitative estimate of drug-likeness (QED) is 0.492. The van der Waals surface area contributed by atoms with E-state index in [4.69, 9.17) is 27.9 Å². The van der Waals surface area contributed by atoms with Crippen LogP contribution in [0.1, 0.15) is 22.5 Å². The number of halogens is 4. The van der Waals surface area contributed by atoms with Crippen LogP contribution in [-0.4, -0.2) is 57.5 Å². The van der Waals surface area contributed by atoms with E-state index in [0.29, 0.717) is 27.2 Å². The van der Waals surface area contributed by atoms with Gasteiger partial charge in [0.05, 0.1) is 35.9 Å². The molecule has 3 aromatic rings. The summed E-state index contributed by atoms with van der Waals surface area (Å²) in [6, 6.07) is 8.61. The van der Waals surface area contributed by atoms with Gasteiger partial charge in [-0.2, -0.15) is 5.10 Å². The van der Waals surface area contributed by atoms with Crippen molar-refractivity contribution in [1.29, 1.82) is 0 Å². The normalized spacial score (nSPS) is 22.0. The largest absolute Gasteiger partial charge is 0.481 e. The standard InChI is InChI=1S/C24H21Cl2F2N5O3/c1-36-19-8-15(16(26)11-29-19)17-9-18(32-31-17)23(35)33-6-5-14(20-21(33)24(20,27)28)22(34)30-10-12-3-2-4-13(25)7-12/h2-4,7-9,11,14,20-21H,5-6,10H2,1H3,(H,30,34)(H,31,32). The number of aromatic amines is 1. The van der Waals surface area contributed by atoms with Crippen LogP contribution >= 0.6 is 23.2 Å². The number of fused-ring (bicyclic) bond motifs is 1. The van der Waals surface area contributed by atoms with Gasteiger partial charge in [0.25, 0.3) is 11.8 Å². The molecule has 1 saturated heterocycles. The van der Waals surface area contributed by atoms with Crippen molar-refractivity contribution in [3.63, 3.8) is 0 Å². The smallest absolute Gasteiger partial charge is 0.274 e. The lowest BCUT2D eigenvalue weighted by molar-refractivity contribution is -0.127. The highest BCUT2D eigenvalue weighted by Gasteiger charge is 2.76. The third kappa shape index (κ3) is 4.39. The number of pyridine rings is 1. The van der Waals surface area contributed by atoms with Crippen LogP contribution < -0.4 is 10.1 Å². The molecule has 2 aromatic heterocycles. The van der Waals surface area contributed by atoms with E-state index in [9.17, 15) is 18.4 Å². The molecule has 0 radical (unpaired) electrons. The van der Waals surface area contributed by atoms with Crippen LogP contribution in [0.15, 0.2) is 42.6 Å². The van der Waals surface area contributed by atoms with E-state index in [1.807, 2.05) is 0 Å². The number of H-pyrrole nitrogens is 1. The zero-order valence-corrected chi connectivity index (χ0v) is 20.5. The van der Waals surface area contributed by atoms with Gasteiger partial charge in [0.1, 0.15) is 6.04 Å². The first-order valence-corrected chi connectivity index (χ1v) is 11.9. The molecule has 3 heterocycles. The summed E-state index contributed by atoms with van der Waals surface area (Å²) in [5.41, 5.74) is 1.66. The van der Waals surface area contributed by atoms with E-state index in [-0.39, 0.29) is 25.2 Å². The van der Waals surface area contributed by atoms with Crippen molar-refractivity contribution in [2.45, 2.75) is 24.9 Å².